The fraction of sp³-hybridized carbons (Fsp3) is 0.632. The second kappa shape index (κ2) is 11.7. The Bertz CT molecular complexity index is 516. The highest BCUT2D eigenvalue weighted by Gasteiger charge is 2.13. The van der Waals surface area contributed by atoms with Gasteiger partial charge in [-0.2, -0.15) is 0 Å². The molecule has 6 nitrogen and oxygen atoms in total. The van der Waals surface area contributed by atoms with Gasteiger partial charge in [0.05, 0.1) is 7.11 Å². The molecule has 1 fully saturated rings. The van der Waals surface area contributed by atoms with Crippen LogP contribution in [0.2, 0.25) is 0 Å². The summed E-state index contributed by atoms with van der Waals surface area (Å²) in [5.41, 5.74) is 1.15. The normalized spacial score (nSPS) is 15.8. The van der Waals surface area contributed by atoms with Crippen molar-refractivity contribution in [3.8, 4) is 5.75 Å². The molecular weight excluding hydrogens is 318 g/mol. The lowest BCUT2D eigenvalue weighted by atomic mass is 10.0. The molecule has 0 aliphatic carbocycles. The van der Waals surface area contributed by atoms with Gasteiger partial charge in [0.2, 0.25) is 0 Å². The molecule has 1 saturated heterocycles. The minimum atomic E-state index is 0.666. The van der Waals surface area contributed by atoms with Gasteiger partial charge in [0.1, 0.15) is 5.75 Å². The van der Waals surface area contributed by atoms with Crippen molar-refractivity contribution in [2.45, 2.75) is 25.8 Å². The maximum absolute atomic E-state index is 5.77. The Labute approximate surface area is 151 Å². The van der Waals surface area contributed by atoms with E-state index in [9.17, 15) is 0 Å². The lowest BCUT2D eigenvalue weighted by Gasteiger charge is -2.21. The third-order valence-corrected chi connectivity index (χ3v) is 4.27. The zero-order chi connectivity index (χ0) is 17.7. The number of hydrogen-bond donors (Lipinski definition) is 2. The zero-order valence-electron chi connectivity index (χ0n) is 15.4. The highest BCUT2D eigenvalue weighted by molar-refractivity contribution is 5.79. The second-order valence-electron chi connectivity index (χ2n) is 6.19. The number of nitrogens with zero attached hydrogens (tertiary/aromatic N) is 1. The largest absolute Gasteiger partial charge is 0.497 e. The Morgan fingerprint density at radius 2 is 2.12 bits per heavy atom. The van der Waals surface area contributed by atoms with Crippen molar-refractivity contribution >= 4 is 5.96 Å². The summed E-state index contributed by atoms with van der Waals surface area (Å²) >= 11 is 0. The van der Waals surface area contributed by atoms with Crippen LogP contribution in [0.15, 0.2) is 29.3 Å². The lowest BCUT2D eigenvalue weighted by molar-refractivity contribution is 0.0203. The summed E-state index contributed by atoms with van der Waals surface area (Å²) in [6.07, 6.45) is 3.21. The molecule has 1 aromatic carbocycles. The summed E-state index contributed by atoms with van der Waals surface area (Å²) in [6, 6.07) is 8.01. The number of hydrogen-bond acceptors (Lipinski definition) is 4. The first-order chi connectivity index (χ1) is 12.3. The fourth-order valence-corrected chi connectivity index (χ4v) is 2.73. The van der Waals surface area contributed by atoms with E-state index >= 15 is 0 Å². The first-order valence-electron chi connectivity index (χ1n) is 9.04. The van der Waals surface area contributed by atoms with E-state index in [0.29, 0.717) is 12.5 Å². The van der Waals surface area contributed by atoms with Crippen LogP contribution in [0.5, 0.6) is 5.75 Å². The van der Waals surface area contributed by atoms with Crippen LogP contribution in [0.1, 0.15) is 24.8 Å². The van der Waals surface area contributed by atoms with Gasteiger partial charge < -0.3 is 24.8 Å². The van der Waals surface area contributed by atoms with Gasteiger partial charge >= 0.3 is 0 Å². The molecular formula is C19H31N3O3. The Morgan fingerprint density at radius 1 is 1.28 bits per heavy atom. The van der Waals surface area contributed by atoms with Crippen LogP contribution >= 0.6 is 0 Å². The summed E-state index contributed by atoms with van der Waals surface area (Å²) in [7, 11) is 3.46. The van der Waals surface area contributed by atoms with E-state index < -0.39 is 0 Å². The molecule has 2 N–H and O–H groups in total. The van der Waals surface area contributed by atoms with E-state index in [1.165, 1.54) is 0 Å². The third-order valence-electron chi connectivity index (χ3n) is 4.27. The summed E-state index contributed by atoms with van der Waals surface area (Å²) in [5, 5.41) is 6.62. The Morgan fingerprint density at radius 3 is 2.88 bits per heavy atom. The lowest BCUT2D eigenvalue weighted by Crippen LogP contribution is -2.37. The van der Waals surface area contributed by atoms with Crippen LogP contribution in [-0.4, -0.2) is 53.1 Å². The molecule has 0 aromatic heterocycles. The molecule has 0 atom stereocenters. The van der Waals surface area contributed by atoms with Crippen LogP contribution in [0, 0.1) is 5.92 Å². The van der Waals surface area contributed by atoms with Crippen LogP contribution in [0.25, 0.3) is 0 Å². The van der Waals surface area contributed by atoms with Gasteiger partial charge in [0.15, 0.2) is 5.96 Å². The molecule has 0 spiro atoms. The average Bonchev–Trinajstić information content (AvgIpc) is 2.67. The highest BCUT2D eigenvalue weighted by atomic mass is 16.5. The summed E-state index contributed by atoms with van der Waals surface area (Å²) in [4.78, 5) is 4.25. The molecule has 0 unspecified atom stereocenters. The number of benzene rings is 1. The Kier molecular flexibility index (Phi) is 9.15. The molecule has 1 aliphatic rings. The molecule has 0 saturated carbocycles. The first kappa shape index (κ1) is 19.5. The smallest absolute Gasteiger partial charge is 0.191 e. The molecule has 1 aliphatic heterocycles. The topological polar surface area (TPSA) is 64.1 Å². The van der Waals surface area contributed by atoms with Crippen LogP contribution in [0.3, 0.4) is 0 Å². The molecule has 6 heteroatoms. The van der Waals surface area contributed by atoms with E-state index in [1.54, 1.807) is 14.2 Å². The minimum absolute atomic E-state index is 0.666. The van der Waals surface area contributed by atoms with E-state index in [1.807, 2.05) is 18.2 Å². The quantitative estimate of drug-likeness (QED) is 0.406. The van der Waals surface area contributed by atoms with Gasteiger partial charge in [-0.25, -0.2) is 0 Å². The van der Waals surface area contributed by atoms with E-state index in [2.05, 4.69) is 21.7 Å². The summed E-state index contributed by atoms with van der Waals surface area (Å²) < 4.78 is 16.4. The molecule has 1 aromatic rings. The number of rotatable bonds is 9. The minimum Gasteiger partial charge on any atom is -0.497 e. The average molecular weight is 349 g/mol. The predicted octanol–water partition coefficient (Wildman–Crippen LogP) is 2.19. The van der Waals surface area contributed by atoms with Crippen molar-refractivity contribution in [2.24, 2.45) is 10.9 Å². The van der Waals surface area contributed by atoms with E-state index in [0.717, 1.165) is 69.5 Å². The monoisotopic (exact) mass is 349 g/mol. The molecule has 2 rings (SSSR count). The second-order valence-corrected chi connectivity index (χ2v) is 6.19. The van der Waals surface area contributed by atoms with Crippen molar-refractivity contribution in [3.63, 3.8) is 0 Å². The van der Waals surface area contributed by atoms with Crippen molar-refractivity contribution in [1.29, 1.82) is 0 Å². The van der Waals surface area contributed by atoms with Crippen molar-refractivity contribution < 1.29 is 14.2 Å². The van der Waals surface area contributed by atoms with Gasteiger partial charge in [-0.15, -0.1) is 0 Å². The van der Waals surface area contributed by atoms with Gasteiger partial charge in [0.25, 0.3) is 0 Å². The van der Waals surface area contributed by atoms with Crippen LogP contribution in [-0.2, 0) is 16.0 Å². The van der Waals surface area contributed by atoms with E-state index in [-0.39, 0.29) is 0 Å². The van der Waals surface area contributed by atoms with Crippen LogP contribution < -0.4 is 15.4 Å². The molecule has 140 valence electrons. The Hall–Kier alpha value is -1.79. The number of nitrogens with one attached hydrogen (secondary N) is 2. The summed E-state index contributed by atoms with van der Waals surface area (Å²) in [5.74, 6) is 2.33. The van der Waals surface area contributed by atoms with Gasteiger partial charge in [-0.1, -0.05) is 12.1 Å². The highest BCUT2D eigenvalue weighted by Crippen LogP contribution is 2.14. The van der Waals surface area contributed by atoms with Gasteiger partial charge in [0, 0.05) is 46.6 Å². The molecule has 1 heterocycles. The predicted molar refractivity (Wildman–Crippen MR) is 100 cm³/mol. The van der Waals surface area contributed by atoms with Crippen molar-refractivity contribution in [1.82, 2.24) is 10.6 Å². The number of aliphatic imine (C=N–C) groups is 1. The standard InChI is InChI=1S/C19H31N3O3/c1-20-19(22-14-17-5-3-6-18(13-17)23-2)21-9-4-10-25-15-16-7-11-24-12-8-16/h3,5-6,13,16H,4,7-12,14-15H2,1-2H3,(H2,20,21,22). The van der Waals surface area contributed by atoms with Crippen molar-refractivity contribution in [2.75, 3.05) is 47.1 Å². The van der Waals surface area contributed by atoms with Crippen molar-refractivity contribution in [3.05, 3.63) is 29.8 Å². The number of guanidine groups is 1. The molecule has 0 bridgehead atoms. The maximum atomic E-state index is 5.77. The molecule has 0 radical (unpaired) electrons. The first-order valence-corrected chi connectivity index (χ1v) is 9.04. The van der Waals surface area contributed by atoms with Gasteiger partial charge in [-0.05, 0) is 42.9 Å². The van der Waals surface area contributed by atoms with Crippen LogP contribution in [0.4, 0.5) is 0 Å². The molecule has 0 amide bonds. The third kappa shape index (κ3) is 7.75. The van der Waals surface area contributed by atoms with E-state index in [4.69, 9.17) is 14.2 Å². The SMILES string of the molecule is CN=C(NCCCOCC1CCOCC1)NCc1cccc(OC)c1. The summed E-state index contributed by atoms with van der Waals surface area (Å²) in [6.45, 7) is 4.93. The molecule has 25 heavy (non-hydrogen) atoms. The fourth-order valence-electron chi connectivity index (χ4n) is 2.73. The number of ether oxygens (including phenoxy) is 3. The number of methoxy groups -OCH3 is 1. The van der Waals surface area contributed by atoms with Gasteiger partial charge in [-0.3, -0.25) is 4.99 Å². The maximum Gasteiger partial charge on any atom is 0.191 e. The Balaban J connectivity index is 1.55. The zero-order valence-corrected chi connectivity index (χ0v) is 15.4.